The number of carbonyl (C=O) groups is 2. The Bertz CT molecular complexity index is 955. The van der Waals surface area contributed by atoms with E-state index in [9.17, 15) is 18.4 Å². The lowest BCUT2D eigenvalue weighted by atomic mass is 10.2. The van der Waals surface area contributed by atoms with Crippen LogP contribution in [0.2, 0.25) is 0 Å². The average Bonchev–Trinajstić information content (AvgIpc) is 3.06. The maximum absolute atomic E-state index is 13.6. The van der Waals surface area contributed by atoms with Crippen LogP contribution >= 0.6 is 0 Å². The minimum absolute atomic E-state index is 0.239. The normalized spacial score (nSPS) is 12.0. The number of carbonyl (C=O) groups excluding carboxylic acids is 2. The van der Waals surface area contributed by atoms with Crippen LogP contribution in [0.5, 0.6) is 0 Å². The molecule has 0 saturated carbocycles. The Morgan fingerprint density at radius 1 is 1.24 bits per heavy atom. The average molecular weight is 345 g/mol. The second-order valence-corrected chi connectivity index (χ2v) is 5.26. The van der Waals surface area contributed by atoms with Gasteiger partial charge in [0.2, 0.25) is 0 Å². The zero-order valence-corrected chi connectivity index (χ0v) is 13.0. The summed E-state index contributed by atoms with van der Waals surface area (Å²) in [6, 6.07) is 5.79. The summed E-state index contributed by atoms with van der Waals surface area (Å²) in [4.78, 5) is 31.2. The van der Waals surface area contributed by atoms with Crippen LogP contribution in [-0.4, -0.2) is 27.9 Å². The number of benzene rings is 1. The summed E-state index contributed by atoms with van der Waals surface area (Å²) in [5.74, 6) is -3.00. The Morgan fingerprint density at radius 2 is 2.04 bits per heavy atom. The topological polar surface area (TPSA) is 84.1 Å². The second kappa shape index (κ2) is 6.68. The smallest absolute Gasteiger partial charge is 0.339 e. The molecule has 0 aliphatic rings. The molecule has 1 amide bonds. The standard InChI is InChI=1S/C17H13F2N3O3/c1-9(16(23)22-14-8-10(18)2-3-13(14)19)25-17(24)12-5-7-21-15-11(12)4-6-20-15/h2-9H,1H3,(H,20,21)(H,22,23). The van der Waals surface area contributed by atoms with Gasteiger partial charge < -0.3 is 15.0 Å². The number of H-pyrrole nitrogens is 1. The van der Waals surface area contributed by atoms with Crippen molar-refractivity contribution in [2.75, 3.05) is 5.32 Å². The minimum Gasteiger partial charge on any atom is -0.449 e. The second-order valence-electron chi connectivity index (χ2n) is 5.26. The maximum atomic E-state index is 13.6. The number of nitrogens with one attached hydrogen (secondary N) is 2. The lowest BCUT2D eigenvalue weighted by Crippen LogP contribution is -2.30. The highest BCUT2D eigenvalue weighted by Gasteiger charge is 2.21. The Balaban J connectivity index is 1.72. The predicted octanol–water partition coefficient (Wildman–Crippen LogP) is 3.03. The van der Waals surface area contributed by atoms with E-state index in [1.807, 2.05) is 0 Å². The third-order valence-corrected chi connectivity index (χ3v) is 3.52. The third-order valence-electron chi connectivity index (χ3n) is 3.52. The van der Waals surface area contributed by atoms with Crippen LogP contribution in [0.3, 0.4) is 0 Å². The van der Waals surface area contributed by atoms with Gasteiger partial charge in [0.15, 0.2) is 6.10 Å². The van der Waals surface area contributed by atoms with Crippen LogP contribution in [-0.2, 0) is 9.53 Å². The molecular formula is C17H13F2N3O3. The van der Waals surface area contributed by atoms with Crippen molar-refractivity contribution in [1.82, 2.24) is 9.97 Å². The number of nitrogens with zero attached hydrogens (tertiary/aromatic N) is 1. The van der Waals surface area contributed by atoms with Crippen molar-refractivity contribution in [3.8, 4) is 0 Å². The van der Waals surface area contributed by atoms with E-state index in [1.54, 1.807) is 12.3 Å². The molecule has 0 aliphatic carbocycles. The van der Waals surface area contributed by atoms with Gasteiger partial charge in [-0.15, -0.1) is 0 Å². The Hall–Kier alpha value is -3.29. The number of amides is 1. The van der Waals surface area contributed by atoms with Gasteiger partial charge in [-0.1, -0.05) is 0 Å². The molecule has 0 aliphatic heterocycles. The number of aromatic amines is 1. The van der Waals surface area contributed by atoms with Gasteiger partial charge in [-0.25, -0.2) is 18.6 Å². The lowest BCUT2D eigenvalue weighted by molar-refractivity contribution is -0.123. The quantitative estimate of drug-likeness (QED) is 0.712. The van der Waals surface area contributed by atoms with E-state index in [1.165, 1.54) is 19.2 Å². The van der Waals surface area contributed by atoms with E-state index in [-0.39, 0.29) is 11.3 Å². The molecule has 3 aromatic rings. The highest BCUT2D eigenvalue weighted by Crippen LogP contribution is 2.18. The molecule has 0 fully saturated rings. The van der Waals surface area contributed by atoms with Crippen LogP contribution in [0.25, 0.3) is 11.0 Å². The van der Waals surface area contributed by atoms with E-state index in [4.69, 9.17) is 4.74 Å². The van der Waals surface area contributed by atoms with Gasteiger partial charge in [0, 0.05) is 23.8 Å². The van der Waals surface area contributed by atoms with Crippen molar-refractivity contribution < 1.29 is 23.1 Å². The molecule has 2 aromatic heterocycles. The molecular weight excluding hydrogens is 332 g/mol. The monoisotopic (exact) mass is 345 g/mol. The Labute approximate surface area is 140 Å². The zero-order valence-electron chi connectivity index (χ0n) is 13.0. The van der Waals surface area contributed by atoms with Crippen molar-refractivity contribution in [2.45, 2.75) is 13.0 Å². The number of esters is 1. The zero-order chi connectivity index (χ0) is 18.0. The van der Waals surface area contributed by atoms with Crippen molar-refractivity contribution >= 4 is 28.6 Å². The predicted molar refractivity (Wildman–Crippen MR) is 86.0 cm³/mol. The third kappa shape index (κ3) is 3.47. The van der Waals surface area contributed by atoms with Crippen molar-refractivity contribution in [3.05, 3.63) is 59.9 Å². The highest BCUT2D eigenvalue weighted by atomic mass is 19.1. The van der Waals surface area contributed by atoms with Crippen molar-refractivity contribution in [1.29, 1.82) is 0 Å². The van der Waals surface area contributed by atoms with E-state index in [0.717, 1.165) is 18.2 Å². The largest absolute Gasteiger partial charge is 0.449 e. The molecule has 8 heteroatoms. The van der Waals surface area contributed by atoms with Gasteiger partial charge >= 0.3 is 5.97 Å². The first-order chi connectivity index (χ1) is 12.0. The molecule has 1 atom stereocenters. The first kappa shape index (κ1) is 16.6. The minimum atomic E-state index is -1.21. The van der Waals surface area contributed by atoms with Gasteiger partial charge in [0.25, 0.3) is 5.91 Å². The highest BCUT2D eigenvalue weighted by molar-refractivity contribution is 6.04. The molecule has 25 heavy (non-hydrogen) atoms. The van der Waals surface area contributed by atoms with Crippen molar-refractivity contribution in [3.63, 3.8) is 0 Å². The Kier molecular flexibility index (Phi) is 4.42. The molecule has 2 heterocycles. The summed E-state index contributed by atoms with van der Waals surface area (Å²) in [7, 11) is 0. The van der Waals surface area contributed by atoms with Crippen molar-refractivity contribution in [2.24, 2.45) is 0 Å². The number of rotatable bonds is 4. The van der Waals surface area contributed by atoms with E-state index < -0.39 is 29.6 Å². The number of anilines is 1. The first-order valence-corrected chi connectivity index (χ1v) is 7.34. The first-order valence-electron chi connectivity index (χ1n) is 7.34. The van der Waals surface area contributed by atoms with Gasteiger partial charge in [-0.2, -0.15) is 0 Å². The number of hydrogen-bond donors (Lipinski definition) is 2. The van der Waals surface area contributed by atoms with Crippen LogP contribution < -0.4 is 5.32 Å². The fraction of sp³-hybridized carbons (Fsp3) is 0.118. The molecule has 1 unspecified atom stereocenters. The van der Waals surface area contributed by atoms with Crippen LogP contribution in [0.15, 0.2) is 42.7 Å². The van der Waals surface area contributed by atoms with Crippen LogP contribution in [0, 0.1) is 11.6 Å². The number of fused-ring (bicyclic) bond motifs is 1. The molecule has 2 N–H and O–H groups in total. The molecule has 0 spiro atoms. The molecule has 0 bridgehead atoms. The molecule has 3 rings (SSSR count). The van der Waals surface area contributed by atoms with E-state index in [2.05, 4.69) is 15.3 Å². The summed E-state index contributed by atoms with van der Waals surface area (Å²) >= 11 is 0. The summed E-state index contributed by atoms with van der Waals surface area (Å²) in [6.07, 6.45) is 1.84. The molecule has 6 nitrogen and oxygen atoms in total. The van der Waals surface area contributed by atoms with E-state index in [0.29, 0.717) is 11.0 Å². The summed E-state index contributed by atoms with van der Waals surface area (Å²) in [6.45, 7) is 1.33. The van der Waals surface area contributed by atoms with E-state index >= 15 is 0 Å². The summed E-state index contributed by atoms with van der Waals surface area (Å²) < 4.78 is 31.8. The lowest BCUT2D eigenvalue weighted by Gasteiger charge is -2.14. The molecule has 1 aromatic carbocycles. The maximum Gasteiger partial charge on any atom is 0.339 e. The van der Waals surface area contributed by atoms with Gasteiger partial charge in [-0.05, 0) is 31.2 Å². The number of aromatic nitrogens is 2. The summed E-state index contributed by atoms with van der Waals surface area (Å²) in [5.41, 5.74) is 0.418. The van der Waals surface area contributed by atoms with Gasteiger partial charge in [0.1, 0.15) is 17.3 Å². The number of halogens is 2. The summed E-state index contributed by atoms with van der Waals surface area (Å²) in [5, 5.41) is 2.74. The molecule has 0 saturated heterocycles. The number of hydrogen-bond acceptors (Lipinski definition) is 4. The van der Waals surface area contributed by atoms with Gasteiger partial charge in [0.05, 0.1) is 11.3 Å². The van der Waals surface area contributed by atoms with Crippen LogP contribution in [0.1, 0.15) is 17.3 Å². The molecule has 128 valence electrons. The van der Waals surface area contributed by atoms with Crippen LogP contribution in [0.4, 0.5) is 14.5 Å². The Morgan fingerprint density at radius 3 is 2.84 bits per heavy atom. The number of ether oxygens (including phenoxy) is 1. The molecule has 0 radical (unpaired) electrons. The SMILES string of the molecule is CC(OC(=O)c1ccnc2[nH]ccc12)C(=O)Nc1cc(F)ccc1F. The number of pyridine rings is 1. The fourth-order valence-corrected chi connectivity index (χ4v) is 2.24. The van der Waals surface area contributed by atoms with Gasteiger partial charge in [-0.3, -0.25) is 4.79 Å². The fourth-order valence-electron chi connectivity index (χ4n) is 2.24.